The van der Waals surface area contributed by atoms with Crippen LogP contribution >= 0.6 is 0 Å². The standard InChI is InChI=1S/C24H21F6N3O5/c1-22(2,3)20(38-21(34)37-18-6-4-17(5-7-18)33(35)36)12-32-11-19(31-13-32)14-8-15(23(25,26)27)10-16(9-14)24(28,29)30/h4-11,13,20H,12H2,1-3H3/t20-/m1/s1. The molecule has 0 spiro atoms. The van der Waals surface area contributed by atoms with Gasteiger partial charge in [0, 0.05) is 29.3 Å². The number of carbonyl (C=O) groups is 1. The second kappa shape index (κ2) is 10.3. The smallest absolute Gasteiger partial charge is 0.428 e. The second-order valence-corrected chi connectivity index (χ2v) is 9.33. The summed E-state index contributed by atoms with van der Waals surface area (Å²) in [6, 6.07) is 5.85. The van der Waals surface area contributed by atoms with Crippen molar-refractivity contribution in [3.63, 3.8) is 0 Å². The van der Waals surface area contributed by atoms with Gasteiger partial charge in [0.1, 0.15) is 11.9 Å². The van der Waals surface area contributed by atoms with Crippen molar-refractivity contribution in [2.24, 2.45) is 5.41 Å². The van der Waals surface area contributed by atoms with E-state index in [4.69, 9.17) is 9.47 Å². The Morgan fingerprint density at radius 1 is 1.00 bits per heavy atom. The zero-order valence-corrected chi connectivity index (χ0v) is 20.1. The summed E-state index contributed by atoms with van der Waals surface area (Å²) in [6.07, 6.45) is -9.58. The van der Waals surface area contributed by atoms with Gasteiger partial charge >= 0.3 is 18.5 Å². The number of aromatic nitrogens is 2. The minimum Gasteiger partial charge on any atom is -0.428 e. The highest BCUT2D eigenvalue weighted by Crippen LogP contribution is 2.38. The van der Waals surface area contributed by atoms with E-state index in [0.29, 0.717) is 12.1 Å². The van der Waals surface area contributed by atoms with E-state index in [9.17, 15) is 41.3 Å². The molecular formula is C24H21F6N3O5. The van der Waals surface area contributed by atoms with Crippen molar-refractivity contribution in [2.75, 3.05) is 0 Å². The van der Waals surface area contributed by atoms with E-state index in [-0.39, 0.29) is 29.7 Å². The number of hydrogen-bond donors (Lipinski definition) is 0. The number of nitro groups is 1. The first kappa shape index (κ1) is 28.5. The first-order valence-corrected chi connectivity index (χ1v) is 10.9. The summed E-state index contributed by atoms with van der Waals surface area (Å²) in [4.78, 5) is 26.4. The lowest BCUT2D eigenvalue weighted by atomic mass is 9.89. The van der Waals surface area contributed by atoms with Gasteiger partial charge in [-0.15, -0.1) is 0 Å². The molecule has 0 radical (unpaired) electrons. The fourth-order valence-electron chi connectivity index (χ4n) is 3.26. The molecule has 14 heteroatoms. The van der Waals surface area contributed by atoms with Crippen molar-refractivity contribution < 1.29 is 45.5 Å². The molecule has 1 heterocycles. The number of rotatable bonds is 6. The van der Waals surface area contributed by atoms with Gasteiger partial charge in [-0.05, 0) is 30.3 Å². The van der Waals surface area contributed by atoms with Gasteiger partial charge in [0.2, 0.25) is 0 Å². The Labute approximate surface area is 212 Å². The highest BCUT2D eigenvalue weighted by molar-refractivity contribution is 5.64. The van der Waals surface area contributed by atoms with Crippen LogP contribution in [0.2, 0.25) is 0 Å². The molecule has 3 rings (SSSR count). The molecule has 3 aromatic rings. The number of ether oxygens (including phenoxy) is 2. The highest BCUT2D eigenvalue weighted by Gasteiger charge is 2.37. The van der Waals surface area contributed by atoms with Crippen LogP contribution in [0.3, 0.4) is 0 Å². The summed E-state index contributed by atoms with van der Waals surface area (Å²) in [6.45, 7) is 5.14. The van der Waals surface area contributed by atoms with Gasteiger partial charge in [-0.2, -0.15) is 26.3 Å². The largest absolute Gasteiger partial charge is 0.514 e. The van der Waals surface area contributed by atoms with Crippen molar-refractivity contribution >= 4 is 11.8 Å². The highest BCUT2D eigenvalue weighted by atomic mass is 19.4. The molecule has 0 saturated heterocycles. The minimum absolute atomic E-state index is 0.0109. The van der Waals surface area contributed by atoms with Crippen molar-refractivity contribution in [1.82, 2.24) is 9.55 Å². The van der Waals surface area contributed by atoms with Crippen molar-refractivity contribution in [2.45, 2.75) is 45.8 Å². The van der Waals surface area contributed by atoms with Crippen LogP contribution < -0.4 is 4.74 Å². The van der Waals surface area contributed by atoms with Crippen LogP contribution in [0, 0.1) is 15.5 Å². The maximum absolute atomic E-state index is 13.2. The Bertz CT molecular complexity index is 1280. The Morgan fingerprint density at radius 3 is 2.03 bits per heavy atom. The van der Waals surface area contributed by atoms with E-state index in [0.717, 1.165) is 12.1 Å². The molecule has 0 fully saturated rings. The maximum atomic E-state index is 13.2. The van der Waals surface area contributed by atoms with Gasteiger partial charge in [-0.25, -0.2) is 9.78 Å². The first-order chi connectivity index (χ1) is 17.4. The van der Waals surface area contributed by atoms with Gasteiger partial charge in [0.25, 0.3) is 5.69 Å². The number of carbonyl (C=O) groups excluding carboxylic acids is 1. The van der Waals surface area contributed by atoms with Gasteiger partial charge in [0.15, 0.2) is 0 Å². The van der Waals surface area contributed by atoms with E-state index in [1.54, 1.807) is 20.8 Å². The zero-order valence-electron chi connectivity index (χ0n) is 20.1. The number of nitro benzene ring substituents is 1. The van der Waals surface area contributed by atoms with Gasteiger partial charge in [0.05, 0.1) is 34.6 Å². The lowest BCUT2D eigenvalue weighted by Gasteiger charge is -2.30. The monoisotopic (exact) mass is 545 g/mol. The number of nitrogens with zero attached hydrogens (tertiary/aromatic N) is 3. The topological polar surface area (TPSA) is 96.5 Å². The fraction of sp³-hybridized carbons (Fsp3) is 0.333. The number of imidazole rings is 1. The Balaban J connectivity index is 1.80. The van der Waals surface area contributed by atoms with Gasteiger partial charge in [-0.1, -0.05) is 20.8 Å². The minimum atomic E-state index is -5.01. The van der Waals surface area contributed by atoms with E-state index in [2.05, 4.69) is 4.98 Å². The second-order valence-electron chi connectivity index (χ2n) is 9.33. The first-order valence-electron chi connectivity index (χ1n) is 10.9. The Hall–Kier alpha value is -4.10. The summed E-state index contributed by atoms with van der Waals surface area (Å²) in [7, 11) is 0. The average Bonchev–Trinajstić information content (AvgIpc) is 3.25. The van der Waals surface area contributed by atoms with E-state index in [1.807, 2.05) is 0 Å². The van der Waals surface area contributed by atoms with Crippen molar-refractivity contribution in [3.8, 4) is 17.0 Å². The van der Waals surface area contributed by atoms with Crippen LogP contribution in [0.1, 0.15) is 31.9 Å². The number of halogens is 6. The van der Waals surface area contributed by atoms with Crippen molar-refractivity contribution in [3.05, 3.63) is 76.2 Å². The SMILES string of the molecule is CC(C)(C)[C@@H](Cn1cnc(-c2cc(C(F)(F)F)cc(C(F)(F)F)c2)c1)OC(=O)Oc1ccc([N+](=O)[O-])cc1. The average molecular weight is 545 g/mol. The number of hydrogen-bond acceptors (Lipinski definition) is 6. The van der Waals surface area contributed by atoms with Crippen molar-refractivity contribution in [1.29, 1.82) is 0 Å². The van der Waals surface area contributed by atoms with E-state index in [1.165, 1.54) is 29.2 Å². The summed E-state index contributed by atoms with van der Waals surface area (Å²) in [5.41, 5.74) is -4.38. The van der Waals surface area contributed by atoms with Crippen LogP contribution in [-0.2, 0) is 23.6 Å². The molecule has 0 saturated carbocycles. The fourth-order valence-corrected chi connectivity index (χ4v) is 3.26. The normalized spacial score (nSPS) is 13.2. The van der Waals surface area contributed by atoms with Crippen LogP contribution in [0.15, 0.2) is 55.0 Å². The van der Waals surface area contributed by atoms with Gasteiger partial charge < -0.3 is 14.0 Å². The third-order valence-corrected chi connectivity index (χ3v) is 5.35. The quantitative estimate of drug-likeness (QED) is 0.108. The summed E-state index contributed by atoms with van der Waals surface area (Å²) < 4.78 is 91.1. The molecule has 0 bridgehead atoms. The third-order valence-electron chi connectivity index (χ3n) is 5.35. The zero-order chi connectivity index (χ0) is 28.5. The van der Waals surface area contributed by atoms with E-state index < -0.39 is 51.6 Å². The molecule has 0 N–H and O–H groups in total. The molecule has 0 unspecified atom stereocenters. The molecular weight excluding hydrogens is 524 g/mol. The Kier molecular flexibility index (Phi) is 7.75. The molecule has 38 heavy (non-hydrogen) atoms. The van der Waals surface area contributed by atoms with Crippen LogP contribution in [-0.4, -0.2) is 26.7 Å². The molecule has 2 aromatic carbocycles. The molecule has 0 aliphatic heterocycles. The number of benzene rings is 2. The molecule has 8 nitrogen and oxygen atoms in total. The Morgan fingerprint density at radius 2 is 1.55 bits per heavy atom. The van der Waals surface area contributed by atoms with Crippen LogP contribution in [0.25, 0.3) is 11.3 Å². The lowest BCUT2D eigenvalue weighted by molar-refractivity contribution is -0.384. The predicted molar refractivity (Wildman–Crippen MR) is 121 cm³/mol. The molecule has 1 aromatic heterocycles. The van der Waals surface area contributed by atoms with Gasteiger partial charge in [-0.3, -0.25) is 10.1 Å². The van der Waals surface area contributed by atoms with Crippen LogP contribution in [0.4, 0.5) is 36.8 Å². The summed E-state index contributed by atoms with van der Waals surface area (Å²) in [5, 5.41) is 10.7. The molecule has 0 amide bonds. The van der Waals surface area contributed by atoms with Crippen LogP contribution in [0.5, 0.6) is 5.75 Å². The molecule has 1 atom stereocenters. The summed E-state index contributed by atoms with van der Waals surface area (Å²) >= 11 is 0. The third kappa shape index (κ3) is 7.23. The maximum Gasteiger partial charge on any atom is 0.514 e. The molecule has 0 aliphatic carbocycles. The molecule has 0 aliphatic rings. The predicted octanol–water partition coefficient (Wildman–Crippen LogP) is 7.13. The summed E-state index contributed by atoms with van der Waals surface area (Å²) in [5.74, 6) is -0.0109. The number of non-ortho nitro benzene ring substituents is 1. The number of alkyl halides is 6. The molecule has 204 valence electrons. The lowest BCUT2D eigenvalue weighted by Crippen LogP contribution is -2.36. The van der Waals surface area contributed by atoms with E-state index >= 15 is 0 Å².